The topological polar surface area (TPSA) is 121 Å². The molecule has 1 amide bonds. The van der Waals surface area contributed by atoms with E-state index in [1.807, 2.05) is 19.1 Å². The number of sulfonamides is 1. The molecule has 0 fully saturated rings. The highest BCUT2D eigenvalue weighted by molar-refractivity contribution is 7.89. The summed E-state index contributed by atoms with van der Waals surface area (Å²) in [5, 5.41) is 5.22. The molecule has 0 unspecified atom stereocenters. The molecule has 10 heteroatoms. The molecule has 30 heavy (non-hydrogen) atoms. The number of carbonyl (C=O) groups excluding carboxylic acids is 2. The van der Waals surface area contributed by atoms with Crippen LogP contribution < -0.4 is 9.94 Å². The van der Waals surface area contributed by atoms with Crippen LogP contribution in [-0.2, 0) is 26.1 Å². The summed E-state index contributed by atoms with van der Waals surface area (Å²) < 4.78 is 30.6. The first-order valence-electron chi connectivity index (χ1n) is 9.16. The van der Waals surface area contributed by atoms with Crippen molar-refractivity contribution in [2.24, 2.45) is 10.1 Å². The molecular weight excluding hydrogens is 426 g/mol. The van der Waals surface area contributed by atoms with E-state index in [0.29, 0.717) is 20.6 Å². The molecule has 0 spiro atoms. The maximum atomic E-state index is 12.6. The Hall–Kier alpha value is -2.82. The van der Waals surface area contributed by atoms with Crippen LogP contribution >= 0.6 is 11.3 Å². The van der Waals surface area contributed by atoms with Gasteiger partial charge in [0.1, 0.15) is 0 Å². The third-order valence-electron chi connectivity index (χ3n) is 4.32. The summed E-state index contributed by atoms with van der Waals surface area (Å²) in [5.74, 6) is -0.806. The Kier molecular flexibility index (Phi) is 6.49. The quantitative estimate of drug-likeness (QED) is 0.582. The molecule has 1 heterocycles. The average Bonchev–Trinajstić information content (AvgIpc) is 3.02. The molecule has 2 N–H and O–H groups in total. The highest BCUT2D eigenvalue weighted by Crippen LogP contribution is 2.22. The van der Waals surface area contributed by atoms with Crippen LogP contribution in [0.25, 0.3) is 10.2 Å². The molecule has 0 bridgehead atoms. The number of ether oxygens (including phenoxy) is 1. The van der Waals surface area contributed by atoms with E-state index >= 15 is 0 Å². The number of primary sulfonamides is 1. The number of benzene rings is 2. The first kappa shape index (κ1) is 21.9. The van der Waals surface area contributed by atoms with E-state index in [1.54, 1.807) is 29.7 Å². The van der Waals surface area contributed by atoms with Gasteiger partial charge in [0, 0.05) is 12.1 Å². The van der Waals surface area contributed by atoms with Crippen molar-refractivity contribution in [1.82, 2.24) is 4.57 Å². The van der Waals surface area contributed by atoms with Gasteiger partial charge >= 0.3 is 5.97 Å². The highest BCUT2D eigenvalue weighted by atomic mass is 32.2. The maximum Gasteiger partial charge on any atom is 0.307 e. The summed E-state index contributed by atoms with van der Waals surface area (Å²) in [5.41, 5.74) is 2.10. The third kappa shape index (κ3) is 5.02. The van der Waals surface area contributed by atoms with Gasteiger partial charge < -0.3 is 9.30 Å². The van der Waals surface area contributed by atoms with E-state index in [0.717, 1.165) is 16.9 Å². The summed E-state index contributed by atoms with van der Waals surface area (Å²) in [4.78, 5) is 29.0. The zero-order valence-corrected chi connectivity index (χ0v) is 18.1. The fraction of sp³-hybridized carbons (Fsp3) is 0.250. The fourth-order valence-corrected chi connectivity index (χ4v) is 4.52. The van der Waals surface area contributed by atoms with Crippen LogP contribution in [0.4, 0.5) is 0 Å². The second-order valence-corrected chi connectivity index (χ2v) is 9.12. The average molecular weight is 448 g/mol. The Morgan fingerprint density at radius 2 is 1.87 bits per heavy atom. The van der Waals surface area contributed by atoms with Gasteiger partial charge in [-0.05, 0) is 44.2 Å². The molecule has 0 atom stereocenters. The number of carbonyl (C=O) groups is 2. The normalized spacial score (nSPS) is 12.3. The van der Waals surface area contributed by atoms with E-state index in [1.165, 1.54) is 12.1 Å². The summed E-state index contributed by atoms with van der Waals surface area (Å²) in [6, 6.07) is 11.4. The number of rotatable bonds is 6. The molecule has 0 aliphatic heterocycles. The summed E-state index contributed by atoms with van der Waals surface area (Å²) in [6.07, 6.45) is 0.0858. The Morgan fingerprint density at radius 1 is 1.17 bits per heavy atom. The first-order valence-corrected chi connectivity index (χ1v) is 11.5. The maximum absolute atomic E-state index is 12.6. The van der Waals surface area contributed by atoms with Gasteiger partial charge in [-0.1, -0.05) is 29.0 Å². The molecule has 8 nitrogen and oxygen atoms in total. The number of fused-ring (bicyclic) bond motifs is 1. The number of nitrogens with zero attached hydrogens (tertiary/aromatic N) is 2. The summed E-state index contributed by atoms with van der Waals surface area (Å²) >= 11 is 1.15. The molecule has 0 saturated carbocycles. The van der Waals surface area contributed by atoms with Gasteiger partial charge in [-0.15, -0.1) is 0 Å². The van der Waals surface area contributed by atoms with Crippen LogP contribution in [0, 0.1) is 6.92 Å². The summed E-state index contributed by atoms with van der Waals surface area (Å²) in [6.45, 7) is 4.15. The van der Waals surface area contributed by atoms with E-state index in [4.69, 9.17) is 9.88 Å². The smallest absolute Gasteiger partial charge is 0.307 e. The van der Waals surface area contributed by atoms with Gasteiger partial charge in [-0.2, -0.15) is 4.99 Å². The number of thiazole rings is 1. The number of aryl methyl sites for hydroxylation is 2. The van der Waals surface area contributed by atoms with Gasteiger partial charge in [0.15, 0.2) is 4.80 Å². The number of hydrogen-bond donors (Lipinski definition) is 1. The lowest BCUT2D eigenvalue weighted by Crippen LogP contribution is -2.19. The largest absolute Gasteiger partial charge is 0.466 e. The zero-order chi connectivity index (χ0) is 21.9. The van der Waals surface area contributed by atoms with Crippen molar-refractivity contribution in [2.75, 3.05) is 6.61 Å². The van der Waals surface area contributed by atoms with Crippen molar-refractivity contribution >= 4 is 43.5 Å². The van der Waals surface area contributed by atoms with Crippen molar-refractivity contribution in [2.45, 2.75) is 31.7 Å². The standard InChI is InChI=1S/C20H21N3O5S2/c1-3-28-18(24)10-11-23-16-9-8-15(30(21,26)27)12-17(16)29-20(23)22-19(25)14-6-4-13(2)5-7-14/h4-9,12H,3,10-11H2,1-2H3,(H2,21,26,27). The van der Waals surface area contributed by atoms with Gasteiger partial charge in [0.2, 0.25) is 10.0 Å². The Morgan fingerprint density at radius 3 is 2.50 bits per heavy atom. The SMILES string of the molecule is CCOC(=O)CCn1c(=NC(=O)c2ccc(C)cc2)sc2cc(S(N)(=O)=O)ccc21. The van der Waals surface area contributed by atoms with Crippen molar-refractivity contribution < 1.29 is 22.7 Å². The van der Waals surface area contributed by atoms with Crippen molar-refractivity contribution in [3.63, 3.8) is 0 Å². The number of esters is 1. The highest BCUT2D eigenvalue weighted by Gasteiger charge is 2.15. The molecule has 3 aromatic rings. The van der Waals surface area contributed by atoms with Crippen LogP contribution in [0.2, 0.25) is 0 Å². The number of nitrogens with two attached hydrogens (primary N) is 1. The summed E-state index contributed by atoms with van der Waals surface area (Å²) in [7, 11) is -3.88. The third-order valence-corrected chi connectivity index (χ3v) is 6.28. The van der Waals surface area contributed by atoms with Gasteiger partial charge in [0.05, 0.1) is 28.1 Å². The lowest BCUT2D eigenvalue weighted by Gasteiger charge is -2.06. The molecule has 158 valence electrons. The van der Waals surface area contributed by atoms with Gasteiger partial charge in [-0.25, -0.2) is 13.6 Å². The molecule has 1 aromatic heterocycles. The lowest BCUT2D eigenvalue weighted by atomic mass is 10.1. The van der Waals surface area contributed by atoms with Crippen LogP contribution in [0.3, 0.4) is 0 Å². The number of hydrogen-bond acceptors (Lipinski definition) is 6. The van der Waals surface area contributed by atoms with Crippen LogP contribution in [0.5, 0.6) is 0 Å². The zero-order valence-electron chi connectivity index (χ0n) is 16.5. The predicted molar refractivity (Wildman–Crippen MR) is 114 cm³/mol. The van der Waals surface area contributed by atoms with Gasteiger partial charge in [0.25, 0.3) is 5.91 Å². The Balaban J connectivity index is 2.09. The molecular formula is C20H21N3O5S2. The molecule has 3 rings (SSSR count). The fourth-order valence-electron chi connectivity index (χ4n) is 2.82. The number of amides is 1. The van der Waals surface area contributed by atoms with Crippen LogP contribution in [-0.4, -0.2) is 31.5 Å². The van der Waals surface area contributed by atoms with E-state index in [9.17, 15) is 18.0 Å². The van der Waals surface area contributed by atoms with Crippen molar-refractivity contribution in [3.05, 3.63) is 58.4 Å². The predicted octanol–water partition coefficient (Wildman–Crippen LogP) is 2.35. The second kappa shape index (κ2) is 8.90. The van der Waals surface area contributed by atoms with E-state index in [-0.39, 0.29) is 30.4 Å². The van der Waals surface area contributed by atoms with Crippen molar-refractivity contribution in [3.8, 4) is 0 Å². The first-order chi connectivity index (χ1) is 14.2. The second-order valence-electron chi connectivity index (χ2n) is 6.55. The monoisotopic (exact) mass is 447 g/mol. The van der Waals surface area contributed by atoms with E-state index in [2.05, 4.69) is 4.99 Å². The minimum Gasteiger partial charge on any atom is -0.466 e. The molecule has 2 aromatic carbocycles. The van der Waals surface area contributed by atoms with Crippen LogP contribution in [0.15, 0.2) is 52.4 Å². The van der Waals surface area contributed by atoms with Crippen LogP contribution in [0.1, 0.15) is 29.3 Å². The number of aromatic nitrogens is 1. The molecule has 0 aliphatic rings. The Labute approximate surface area is 177 Å². The molecule has 0 saturated heterocycles. The Bertz CT molecular complexity index is 1270. The van der Waals surface area contributed by atoms with E-state index < -0.39 is 15.9 Å². The molecule has 0 aliphatic carbocycles. The van der Waals surface area contributed by atoms with Gasteiger partial charge in [-0.3, -0.25) is 9.59 Å². The van der Waals surface area contributed by atoms with Crippen molar-refractivity contribution in [1.29, 1.82) is 0 Å². The minimum atomic E-state index is -3.88. The molecule has 0 radical (unpaired) electrons. The minimum absolute atomic E-state index is 0.0368. The lowest BCUT2D eigenvalue weighted by molar-refractivity contribution is -0.143.